The number of esters is 2. The van der Waals surface area contributed by atoms with E-state index in [1.165, 1.54) is 19.3 Å². The molecule has 1 aliphatic heterocycles. The largest absolute Gasteiger partial charge is 0.462 e. The van der Waals surface area contributed by atoms with Gasteiger partial charge in [-0.25, -0.2) is 14.4 Å². The Kier molecular flexibility index (Phi) is 7.68. The number of amides is 2. The molecule has 0 spiro atoms. The number of ether oxygens (including phenoxy) is 2. The summed E-state index contributed by atoms with van der Waals surface area (Å²) < 4.78 is 11.0. The Bertz CT molecular complexity index is 859. The van der Waals surface area contributed by atoms with Crippen molar-refractivity contribution in [2.75, 3.05) is 6.61 Å². The highest BCUT2D eigenvalue weighted by atomic mass is 16.5. The van der Waals surface area contributed by atoms with Crippen molar-refractivity contribution in [3.63, 3.8) is 0 Å². The molecule has 0 unspecified atom stereocenters. The van der Waals surface area contributed by atoms with Crippen LogP contribution in [0.3, 0.4) is 0 Å². The Morgan fingerprint density at radius 1 is 1.23 bits per heavy atom. The zero-order valence-electron chi connectivity index (χ0n) is 18.2. The second-order valence-electron chi connectivity index (χ2n) is 8.27. The van der Waals surface area contributed by atoms with Crippen molar-refractivity contribution in [2.24, 2.45) is 5.92 Å². The molecule has 2 aliphatic rings. The molecule has 1 aliphatic carbocycles. The summed E-state index contributed by atoms with van der Waals surface area (Å²) in [5.41, 5.74) is 5.21. The van der Waals surface area contributed by atoms with Crippen molar-refractivity contribution < 1.29 is 29.6 Å². The molecule has 8 heteroatoms. The first-order chi connectivity index (χ1) is 14.9. The van der Waals surface area contributed by atoms with Gasteiger partial charge < -0.3 is 25.8 Å². The zero-order valence-corrected chi connectivity index (χ0v) is 18.2. The molecule has 2 amide bonds. The fourth-order valence-electron chi connectivity index (χ4n) is 3.99. The lowest BCUT2D eigenvalue weighted by Crippen LogP contribution is -2.64. The van der Waals surface area contributed by atoms with E-state index in [0.717, 1.165) is 12.8 Å². The van der Waals surface area contributed by atoms with Crippen molar-refractivity contribution in [2.45, 2.75) is 64.5 Å². The van der Waals surface area contributed by atoms with Gasteiger partial charge in [0.1, 0.15) is 5.75 Å². The topological polar surface area (TPSA) is 121 Å². The van der Waals surface area contributed by atoms with Crippen LogP contribution in [-0.2, 0) is 14.3 Å². The van der Waals surface area contributed by atoms with E-state index in [0.29, 0.717) is 41.5 Å². The highest BCUT2D eigenvalue weighted by Gasteiger charge is 2.34. The number of benzene rings is 1. The molecule has 3 rings (SSSR count). The summed E-state index contributed by atoms with van der Waals surface area (Å²) in [5.74, 6) is -0.170. The minimum absolute atomic E-state index is 0.332. The van der Waals surface area contributed by atoms with Crippen LogP contribution in [0.5, 0.6) is 5.75 Å². The highest BCUT2D eigenvalue weighted by molar-refractivity contribution is 5.95. The summed E-state index contributed by atoms with van der Waals surface area (Å²) in [5, 5.41) is 5.54. The Labute approximate surface area is 182 Å². The number of quaternary nitrogens is 1. The van der Waals surface area contributed by atoms with E-state index in [1.54, 1.807) is 31.2 Å². The minimum atomic E-state index is -0.696. The molecule has 1 heterocycles. The van der Waals surface area contributed by atoms with Crippen LogP contribution in [0.4, 0.5) is 4.79 Å². The average Bonchev–Trinajstić information content (AvgIpc) is 2.77. The number of urea groups is 1. The van der Waals surface area contributed by atoms with Crippen LogP contribution in [0.1, 0.15) is 64.0 Å². The van der Waals surface area contributed by atoms with Gasteiger partial charge in [-0.3, -0.25) is 0 Å². The lowest BCUT2D eigenvalue weighted by Gasteiger charge is -2.30. The molecule has 0 bridgehead atoms. The van der Waals surface area contributed by atoms with Crippen LogP contribution in [0.2, 0.25) is 0 Å². The van der Waals surface area contributed by atoms with E-state index in [2.05, 4.69) is 16.4 Å². The summed E-state index contributed by atoms with van der Waals surface area (Å²) in [6.45, 7) is 3.91. The third kappa shape index (κ3) is 5.85. The quantitative estimate of drug-likeness (QED) is 0.453. The SMILES string of the molecule is CCC1=C(C(=O)OCC2CCCCC2)[C@H](c2cccc(OC(=O)[C@H](C)[NH3+])c2)NC(=O)N1. The van der Waals surface area contributed by atoms with Gasteiger partial charge in [0, 0.05) is 5.70 Å². The van der Waals surface area contributed by atoms with Gasteiger partial charge in [0.25, 0.3) is 0 Å². The van der Waals surface area contributed by atoms with E-state index in [1.807, 2.05) is 6.92 Å². The van der Waals surface area contributed by atoms with Gasteiger partial charge in [0.2, 0.25) is 0 Å². The van der Waals surface area contributed by atoms with Crippen molar-refractivity contribution in [1.29, 1.82) is 0 Å². The highest BCUT2D eigenvalue weighted by Crippen LogP contribution is 2.31. The first-order valence-corrected chi connectivity index (χ1v) is 11.0. The van der Waals surface area contributed by atoms with Crippen molar-refractivity contribution in [3.8, 4) is 5.75 Å². The van der Waals surface area contributed by atoms with E-state index >= 15 is 0 Å². The predicted octanol–water partition coefficient (Wildman–Crippen LogP) is 2.36. The molecule has 2 atom stereocenters. The average molecular weight is 431 g/mol. The summed E-state index contributed by atoms with van der Waals surface area (Å²) >= 11 is 0. The molecule has 0 radical (unpaired) electrons. The van der Waals surface area contributed by atoms with Crippen LogP contribution in [0.25, 0.3) is 0 Å². The molecule has 168 valence electrons. The number of hydrogen-bond donors (Lipinski definition) is 3. The number of carbonyl (C=O) groups is 3. The normalized spacial score (nSPS) is 20.5. The minimum Gasteiger partial charge on any atom is -0.462 e. The maximum absolute atomic E-state index is 13.1. The lowest BCUT2D eigenvalue weighted by molar-refractivity contribution is -0.401. The standard InChI is InChI=1S/C23H31N3O5/c1-3-18-19(22(28)30-13-15-8-5-4-6-9-15)20(26-23(29)25-18)16-10-7-11-17(12-16)31-21(27)14(2)24/h7,10-12,14-15,20H,3-6,8-9,13,24H2,1-2H3,(H2,25,26,29)/p+1/t14-,20-/m0/s1. The van der Waals surface area contributed by atoms with E-state index in [-0.39, 0.29) is 6.03 Å². The monoisotopic (exact) mass is 430 g/mol. The molecule has 0 saturated heterocycles. The Balaban J connectivity index is 1.83. The van der Waals surface area contributed by atoms with Gasteiger partial charge in [-0.15, -0.1) is 0 Å². The van der Waals surface area contributed by atoms with E-state index in [9.17, 15) is 14.4 Å². The maximum Gasteiger partial charge on any atom is 0.369 e. The van der Waals surface area contributed by atoms with Crippen LogP contribution < -0.4 is 21.1 Å². The summed E-state index contributed by atoms with van der Waals surface area (Å²) in [7, 11) is 0. The predicted molar refractivity (Wildman–Crippen MR) is 114 cm³/mol. The van der Waals surface area contributed by atoms with Crippen LogP contribution in [0, 0.1) is 5.92 Å². The van der Waals surface area contributed by atoms with Crippen molar-refractivity contribution in [1.82, 2.24) is 10.6 Å². The third-order valence-electron chi connectivity index (χ3n) is 5.71. The number of hydrogen-bond acceptors (Lipinski definition) is 5. The molecule has 1 aromatic carbocycles. The fraction of sp³-hybridized carbons (Fsp3) is 0.522. The van der Waals surface area contributed by atoms with Gasteiger partial charge in [0.05, 0.1) is 18.2 Å². The first-order valence-electron chi connectivity index (χ1n) is 11.0. The van der Waals surface area contributed by atoms with Gasteiger partial charge in [0.15, 0.2) is 6.04 Å². The van der Waals surface area contributed by atoms with Crippen molar-refractivity contribution in [3.05, 3.63) is 41.1 Å². The molecule has 1 aromatic rings. The molecule has 31 heavy (non-hydrogen) atoms. The maximum atomic E-state index is 13.1. The number of rotatable bonds is 7. The first kappa shape index (κ1) is 22.8. The third-order valence-corrected chi connectivity index (χ3v) is 5.71. The van der Waals surface area contributed by atoms with Gasteiger partial charge in [-0.2, -0.15) is 0 Å². The molecular formula is C23H32N3O5+. The fourth-order valence-corrected chi connectivity index (χ4v) is 3.99. The second-order valence-corrected chi connectivity index (χ2v) is 8.27. The van der Waals surface area contributed by atoms with Crippen LogP contribution in [0.15, 0.2) is 35.5 Å². The van der Waals surface area contributed by atoms with E-state index in [4.69, 9.17) is 9.47 Å². The summed E-state index contributed by atoms with van der Waals surface area (Å²) in [6, 6.07) is 5.20. The van der Waals surface area contributed by atoms with Crippen LogP contribution in [-0.4, -0.2) is 30.6 Å². The molecule has 5 N–H and O–H groups in total. The number of nitrogens with one attached hydrogen (secondary N) is 2. The molecule has 8 nitrogen and oxygen atoms in total. The van der Waals surface area contributed by atoms with Gasteiger partial charge in [-0.05, 0) is 49.8 Å². The molecule has 0 aromatic heterocycles. The Hall–Kier alpha value is -2.87. The number of carbonyl (C=O) groups excluding carboxylic acids is 3. The summed E-state index contributed by atoms with van der Waals surface area (Å²) in [6.07, 6.45) is 6.20. The smallest absolute Gasteiger partial charge is 0.369 e. The number of allylic oxidation sites excluding steroid dienone is 1. The van der Waals surface area contributed by atoms with Crippen molar-refractivity contribution >= 4 is 18.0 Å². The summed E-state index contributed by atoms with van der Waals surface area (Å²) in [4.78, 5) is 37.2. The Morgan fingerprint density at radius 2 is 1.97 bits per heavy atom. The zero-order chi connectivity index (χ0) is 22.4. The van der Waals surface area contributed by atoms with Gasteiger partial charge >= 0.3 is 18.0 Å². The van der Waals surface area contributed by atoms with Gasteiger partial charge in [-0.1, -0.05) is 38.3 Å². The molecule has 1 fully saturated rings. The molecular weight excluding hydrogens is 398 g/mol. The Morgan fingerprint density at radius 3 is 2.65 bits per heavy atom. The van der Waals surface area contributed by atoms with E-state index < -0.39 is 24.0 Å². The lowest BCUT2D eigenvalue weighted by atomic mass is 9.90. The second kappa shape index (κ2) is 10.4. The van der Waals surface area contributed by atoms with Crippen LogP contribution >= 0.6 is 0 Å². The molecule has 1 saturated carbocycles.